The Bertz CT molecular complexity index is 2140. The molecule has 10 nitrogen and oxygen atoms in total. The zero-order valence-corrected chi connectivity index (χ0v) is 25.4. The van der Waals surface area contributed by atoms with Crippen molar-refractivity contribution in [2.45, 2.75) is 55.9 Å². The number of phenolic OH excluding ortho intramolecular Hbond substituents is 1. The van der Waals surface area contributed by atoms with Crippen LogP contribution in [0.1, 0.15) is 37.7 Å². The van der Waals surface area contributed by atoms with Gasteiger partial charge in [0, 0.05) is 49.1 Å². The molecule has 47 heavy (non-hydrogen) atoms. The van der Waals surface area contributed by atoms with Gasteiger partial charge in [0.1, 0.15) is 47.7 Å². The maximum atomic E-state index is 17.3. The number of piperazine rings is 1. The number of ether oxygens (including phenoxy) is 1. The number of rotatable bonds is 5. The molecule has 0 radical (unpaired) electrons. The second-order valence-corrected chi connectivity index (χ2v) is 13.3. The van der Waals surface area contributed by atoms with Gasteiger partial charge in [-0.15, -0.1) is 6.42 Å². The second-order valence-electron chi connectivity index (χ2n) is 13.3. The molecule has 5 aromatic rings. The Hall–Kier alpha value is -4.67. The summed E-state index contributed by atoms with van der Waals surface area (Å²) in [6, 6.07) is 5.96. The van der Waals surface area contributed by atoms with Crippen LogP contribution in [0.5, 0.6) is 11.8 Å². The van der Waals surface area contributed by atoms with E-state index in [4.69, 9.17) is 16.1 Å². The van der Waals surface area contributed by atoms with Crippen LogP contribution in [0.15, 0.2) is 30.6 Å². The summed E-state index contributed by atoms with van der Waals surface area (Å²) in [5, 5.41) is 19.7. The Morgan fingerprint density at radius 2 is 1.94 bits per heavy atom. The molecule has 9 rings (SSSR count). The largest absolute Gasteiger partial charge is 0.508 e. The van der Waals surface area contributed by atoms with Crippen molar-refractivity contribution in [1.29, 1.82) is 0 Å². The Labute approximate surface area is 267 Å². The van der Waals surface area contributed by atoms with Gasteiger partial charge in [0.05, 0.1) is 16.5 Å². The normalized spacial score (nSPS) is 25.7. The van der Waals surface area contributed by atoms with Crippen molar-refractivity contribution in [2.24, 2.45) is 0 Å². The summed E-state index contributed by atoms with van der Waals surface area (Å²) in [5.74, 6) is 1.26. The molecule has 13 heteroatoms. The summed E-state index contributed by atoms with van der Waals surface area (Å²) in [6.45, 7) is 2.65. The molecule has 2 unspecified atom stereocenters. The lowest BCUT2D eigenvalue weighted by molar-refractivity contribution is 0.107. The summed E-state index contributed by atoms with van der Waals surface area (Å²) < 4.78 is 54.5. The molecule has 4 aliphatic rings. The molecule has 7 heterocycles. The van der Waals surface area contributed by atoms with Crippen LogP contribution in [-0.2, 0) is 0 Å². The van der Waals surface area contributed by atoms with Crippen molar-refractivity contribution in [3.8, 4) is 35.4 Å². The maximum absolute atomic E-state index is 17.3. The number of nitrogens with zero attached hydrogens (tertiary/aromatic N) is 7. The molecule has 0 amide bonds. The zero-order chi connectivity index (χ0) is 32.0. The number of hydrogen-bond donors (Lipinski definition) is 2. The molecule has 240 valence electrons. The summed E-state index contributed by atoms with van der Waals surface area (Å²) >= 11 is 0. The predicted molar refractivity (Wildman–Crippen MR) is 169 cm³/mol. The van der Waals surface area contributed by atoms with E-state index in [9.17, 15) is 9.50 Å². The van der Waals surface area contributed by atoms with E-state index in [0.29, 0.717) is 42.6 Å². The number of hydrogen-bond acceptors (Lipinski definition) is 9. The van der Waals surface area contributed by atoms with Gasteiger partial charge in [0.25, 0.3) is 0 Å². The number of pyridine rings is 1. The minimum absolute atomic E-state index is 0.0215. The van der Waals surface area contributed by atoms with Gasteiger partial charge in [-0.05, 0) is 55.8 Å². The fourth-order valence-electron chi connectivity index (χ4n) is 8.47. The number of nitrogens with one attached hydrogen (secondary N) is 1. The van der Waals surface area contributed by atoms with Gasteiger partial charge in [-0.1, -0.05) is 12.0 Å². The van der Waals surface area contributed by atoms with Crippen LogP contribution in [-0.4, -0.2) is 91.2 Å². The van der Waals surface area contributed by atoms with Gasteiger partial charge >= 0.3 is 6.01 Å². The number of alkyl halides is 1. The molecule has 2 N–H and O–H groups in total. The molecule has 0 aliphatic carbocycles. The number of terminal acetylenes is 1. The standard InChI is InChI=1S/C34H31F3N8O2/c1-2-23-25(36)7-4-18-10-22(46)11-24(26(18)23)30-28(37)29-27(31-38-17-39-45(30)31)32(43-14-20-5-6-21(15-43)40-20)42-33(41-29)47-16-34-8-3-9-44(34)13-19(35)12-34/h1,4,7,10-11,17,19-21,40,46H,3,5-6,8-9,12-16H2/t19-,20?,21?,34+/m1/s1. The van der Waals surface area contributed by atoms with E-state index in [0.717, 1.165) is 32.2 Å². The van der Waals surface area contributed by atoms with Crippen LogP contribution in [0.2, 0.25) is 0 Å². The molecular formula is C34H31F3N8O2. The fraction of sp³-hybridized carbons (Fsp3) is 0.412. The molecule has 4 saturated heterocycles. The number of phenols is 1. The third-order valence-electron chi connectivity index (χ3n) is 10.5. The van der Waals surface area contributed by atoms with Gasteiger partial charge in [0.2, 0.25) is 0 Å². The summed E-state index contributed by atoms with van der Waals surface area (Å²) in [4.78, 5) is 18.3. The minimum atomic E-state index is -0.931. The van der Waals surface area contributed by atoms with Gasteiger partial charge in [0.15, 0.2) is 11.5 Å². The van der Waals surface area contributed by atoms with E-state index in [1.54, 1.807) is 0 Å². The highest BCUT2D eigenvalue weighted by molar-refractivity contribution is 6.06. The average molecular weight is 641 g/mol. The number of aromatic nitrogens is 5. The maximum Gasteiger partial charge on any atom is 0.319 e. The average Bonchev–Trinajstić information content (AvgIpc) is 3.83. The van der Waals surface area contributed by atoms with Crippen LogP contribution in [0, 0.1) is 24.0 Å². The molecule has 0 saturated carbocycles. The smallest absolute Gasteiger partial charge is 0.319 e. The van der Waals surface area contributed by atoms with Crippen LogP contribution >= 0.6 is 0 Å². The van der Waals surface area contributed by atoms with E-state index in [1.807, 2.05) is 0 Å². The van der Waals surface area contributed by atoms with Crippen molar-refractivity contribution < 1.29 is 23.0 Å². The van der Waals surface area contributed by atoms with Gasteiger partial charge in [-0.25, -0.2) is 22.7 Å². The Balaban J connectivity index is 1.28. The lowest BCUT2D eigenvalue weighted by Crippen LogP contribution is -2.51. The lowest BCUT2D eigenvalue weighted by atomic mass is 9.95. The number of anilines is 1. The first-order valence-electron chi connectivity index (χ1n) is 16.0. The van der Waals surface area contributed by atoms with Crippen molar-refractivity contribution in [1.82, 2.24) is 34.8 Å². The lowest BCUT2D eigenvalue weighted by Gasteiger charge is -2.34. The van der Waals surface area contributed by atoms with Gasteiger partial charge in [-0.3, -0.25) is 4.90 Å². The molecule has 3 aromatic heterocycles. The topological polar surface area (TPSA) is 104 Å². The fourth-order valence-corrected chi connectivity index (χ4v) is 8.47. The Kier molecular flexibility index (Phi) is 6.33. The first-order valence-corrected chi connectivity index (χ1v) is 16.0. The van der Waals surface area contributed by atoms with Crippen molar-refractivity contribution >= 4 is 33.1 Å². The van der Waals surface area contributed by atoms with Crippen LogP contribution in [0.4, 0.5) is 19.0 Å². The third kappa shape index (κ3) is 4.34. The number of fused-ring (bicyclic) bond motifs is 7. The molecule has 2 bridgehead atoms. The SMILES string of the molecule is C#Cc1c(F)ccc2cc(O)cc(-c3c(F)c4nc(OC[C@@]56CCCN5C[C@H](F)C6)nc(N5CC6CCC(C5)N6)c4c4ncnn34)c12. The van der Waals surface area contributed by atoms with Crippen molar-refractivity contribution in [3.63, 3.8) is 0 Å². The number of halogens is 3. The monoisotopic (exact) mass is 640 g/mol. The Morgan fingerprint density at radius 3 is 2.74 bits per heavy atom. The number of aromatic hydroxyl groups is 1. The zero-order valence-electron chi connectivity index (χ0n) is 25.4. The minimum Gasteiger partial charge on any atom is -0.508 e. The number of benzene rings is 2. The highest BCUT2D eigenvalue weighted by Gasteiger charge is 2.49. The highest BCUT2D eigenvalue weighted by Crippen LogP contribution is 2.43. The third-order valence-corrected chi connectivity index (χ3v) is 10.5. The second kappa shape index (κ2) is 10.4. The summed E-state index contributed by atoms with van der Waals surface area (Å²) in [5.41, 5.74) is -0.265. The molecule has 4 fully saturated rings. The molecule has 4 atom stereocenters. The molecule has 2 aromatic carbocycles. The highest BCUT2D eigenvalue weighted by atomic mass is 19.1. The first-order chi connectivity index (χ1) is 22.8. The van der Waals surface area contributed by atoms with E-state index in [2.05, 4.69) is 36.1 Å². The van der Waals surface area contributed by atoms with E-state index in [1.165, 1.54) is 35.1 Å². The quantitative estimate of drug-likeness (QED) is 0.272. The van der Waals surface area contributed by atoms with E-state index in [-0.39, 0.29) is 63.8 Å². The van der Waals surface area contributed by atoms with Crippen LogP contribution in [0.3, 0.4) is 0 Å². The predicted octanol–water partition coefficient (Wildman–Crippen LogP) is 4.35. The van der Waals surface area contributed by atoms with Gasteiger partial charge < -0.3 is 20.1 Å². The van der Waals surface area contributed by atoms with Crippen molar-refractivity contribution in [3.05, 3.63) is 47.8 Å². The summed E-state index contributed by atoms with van der Waals surface area (Å²) in [6.07, 6.45) is 10.3. The molecular weight excluding hydrogens is 609 g/mol. The Morgan fingerprint density at radius 1 is 1.11 bits per heavy atom. The van der Waals surface area contributed by atoms with E-state index < -0.39 is 23.3 Å². The molecule has 0 spiro atoms. The van der Waals surface area contributed by atoms with Gasteiger partial charge in [-0.2, -0.15) is 15.1 Å². The summed E-state index contributed by atoms with van der Waals surface area (Å²) in [7, 11) is 0. The molecule has 4 aliphatic heterocycles. The van der Waals surface area contributed by atoms with E-state index >= 15 is 8.78 Å². The first kappa shape index (κ1) is 28.5. The van der Waals surface area contributed by atoms with Crippen molar-refractivity contribution in [2.75, 3.05) is 37.7 Å². The van der Waals surface area contributed by atoms with Crippen LogP contribution < -0.4 is 15.0 Å². The van der Waals surface area contributed by atoms with Crippen LogP contribution in [0.25, 0.3) is 38.6 Å².